The minimum atomic E-state index is -0.588. The summed E-state index contributed by atoms with van der Waals surface area (Å²) >= 11 is 0. The van der Waals surface area contributed by atoms with Crippen LogP contribution in [-0.4, -0.2) is 18.7 Å². The molecule has 5 heteroatoms. The summed E-state index contributed by atoms with van der Waals surface area (Å²) in [7, 11) is 1.57. The molecule has 0 aromatic heterocycles. The predicted molar refractivity (Wildman–Crippen MR) is 79.1 cm³/mol. The topological polar surface area (TPSA) is 50.7 Å². The number of halogens is 1. The molecule has 0 aliphatic carbocycles. The highest BCUT2D eigenvalue weighted by Crippen LogP contribution is 2.13. The number of hydrazone groups is 1. The van der Waals surface area contributed by atoms with Crippen LogP contribution in [0.3, 0.4) is 0 Å². The molecule has 0 heterocycles. The third-order valence-electron chi connectivity index (χ3n) is 2.93. The smallest absolute Gasteiger partial charge is 0.274 e. The molecule has 0 saturated heterocycles. The minimum Gasteiger partial charge on any atom is -0.497 e. The molecule has 1 N–H and O–H groups in total. The van der Waals surface area contributed by atoms with Crippen molar-refractivity contribution in [2.75, 3.05) is 7.11 Å². The Kier molecular flexibility index (Phi) is 4.66. The zero-order valence-electron chi connectivity index (χ0n) is 11.8. The average molecular weight is 286 g/mol. The molecule has 2 aromatic carbocycles. The van der Waals surface area contributed by atoms with Crippen LogP contribution in [0.25, 0.3) is 0 Å². The number of carbonyl (C=O) groups is 1. The van der Waals surface area contributed by atoms with Crippen molar-refractivity contribution in [3.8, 4) is 5.75 Å². The zero-order chi connectivity index (χ0) is 15.2. The summed E-state index contributed by atoms with van der Waals surface area (Å²) in [4.78, 5) is 11.8. The van der Waals surface area contributed by atoms with E-state index in [1.165, 1.54) is 18.2 Å². The third kappa shape index (κ3) is 3.66. The van der Waals surface area contributed by atoms with Gasteiger partial charge in [-0.05, 0) is 31.2 Å². The standard InChI is InChI=1S/C16H15FN2O2/c1-11(12-6-5-7-13(10-12)21-2)18-19-16(20)14-8-3-4-9-15(14)17/h3-10H,1-2H3,(H,19,20)/b18-11+. The summed E-state index contributed by atoms with van der Waals surface area (Å²) in [6.45, 7) is 1.75. The molecule has 0 atom stereocenters. The van der Waals surface area contributed by atoms with Crippen molar-refractivity contribution >= 4 is 11.6 Å². The summed E-state index contributed by atoms with van der Waals surface area (Å²) in [5.74, 6) is -0.470. The van der Waals surface area contributed by atoms with Gasteiger partial charge in [-0.15, -0.1) is 0 Å². The predicted octanol–water partition coefficient (Wildman–Crippen LogP) is 2.99. The largest absolute Gasteiger partial charge is 0.497 e. The molecule has 4 nitrogen and oxygen atoms in total. The van der Waals surface area contributed by atoms with Gasteiger partial charge in [-0.3, -0.25) is 4.79 Å². The number of carbonyl (C=O) groups excluding carboxylic acids is 1. The van der Waals surface area contributed by atoms with E-state index in [9.17, 15) is 9.18 Å². The number of ether oxygens (including phenoxy) is 1. The average Bonchev–Trinajstić information content (AvgIpc) is 2.52. The van der Waals surface area contributed by atoms with E-state index in [-0.39, 0.29) is 5.56 Å². The number of hydrogen-bond acceptors (Lipinski definition) is 3. The fourth-order valence-electron chi connectivity index (χ4n) is 1.75. The second-order valence-corrected chi connectivity index (χ2v) is 4.35. The maximum Gasteiger partial charge on any atom is 0.274 e. The number of nitrogens with one attached hydrogen (secondary N) is 1. The molecule has 2 aromatic rings. The Bertz CT molecular complexity index is 683. The van der Waals surface area contributed by atoms with Crippen molar-refractivity contribution in [1.29, 1.82) is 0 Å². The van der Waals surface area contributed by atoms with Crippen molar-refractivity contribution in [1.82, 2.24) is 5.43 Å². The van der Waals surface area contributed by atoms with Crippen molar-refractivity contribution in [3.63, 3.8) is 0 Å². The van der Waals surface area contributed by atoms with E-state index in [4.69, 9.17) is 4.74 Å². The van der Waals surface area contributed by atoms with Crippen LogP contribution in [0.4, 0.5) is 4.39 Å². The van der Waals surface area contributed by atoms with Gasteiger partial charge in [-0.1, -0.05) is 24.3 Å². The lowest BCUT2D eigenvalue weighted by molar-refractivity contribution is 0.0951. The molecule has 1 amide bonds. The van der Waals surface area contributed by atoms with Crippen LogP contribution >= 0.6 is 0 Å². The van der Waals surface area contributed by atoms with Crippen molar-refractivity contribution in [3.05, 3.63) is 65.5 Å². The third-order valence-corrected chi connectivity index (χ3v) is 2.93. The number of hydrogen-bond donors (Lipinski definition) is 1. The maximum absolute atomic E-state index is 13.5. The van der Waals surface area contributed by atoms with Gasteiger partial charge in [0, 0.05) is 5.56 Å². The number of benzene rings is 2. The Labute approximate surface area is 122 Å². The van der Waals surface area contributed by atoms with Crippen molar-refractivity contribution in [2.24, 2.45) is 5.10 Å². The molecular weight excluding hydrogens is 271 g/mol. The Morgan fingerprint density at radius 1 is 1.19 bits per heavy atom. The Balaban J connectivity index is 2.13. The van der Waals surface area contributed by atoms with Crippen LogP contribution in [0, 0.1) is 5.82 Å². The van der Waals surface area contributed by atoms with Crippen LogP contribution in [-0.2, 0) is 0 Å². The summed E-state index contributed by atoms with van der Waals surface area (Å²) in [5.41, 5.74) is 3.71. The van der Waals surface area contributed by atoms with E-state index >= 15 is 0 Å². The molecule has 2 rings (SSSR count). The molecule has 0 radical (unpaired) electrons. The molecule has 108 valence electrons. The summed E-state index contributed by atoms with van der Waals surface area (Å²) < 4.78 is 18.6. The normalized spacial score (nSPS) is 11.1. The van der Waals surface area contributed by atoms with E-state index in [0.29, 0.717) is 11.5 Å². The van der Waals surface area contributed by atoms with Gasteiger partial charge in [0.05, 0.1) is 18.4 Å². The van der Waals surface area contributed by atoms with Crippen LogP contribution in [0.1, 0.15) is 22.8 Å². The molecule has 0 saturated carbocycles. The molecular formula is C16H15FN2O2. The fraction of sp³-hybridized carbons (Fsp3) is 0.125. The van der Waals surface area contributed by atoms with Crippen LogP contribution in [0.2, 0.25) is 0 Å². The summed E-state index contributed by atoms with van der Waals surface area (Å²) in [6.07, 6.45) is 0. The monoisotopic (exact) mass is 286 g/mol. The first kappa shape index (κ1) is 14.7. The first-order valence-electron chi connectivity index (χ1n) is 6.35. The lowest BCUT2D eigenvalue weighted by atomic mass is 10.1. The Hall–Kier alpha value is -2.69. The second kappa shape index (κ2) is 6.65. The molecule has 0 bridgehead atoms. The molecule has 0 spiro atoms. The highest BCUT2D eigenvalue weighted by molar-refractivity contribution is 6.01. The number of amides is 1. The zero-order valence-corrected chi connectivity index (χ0v) is 11.8. The van der Waals surface area contributed by atoms with Gasteiger partial charge in [0.2, 0.25) is 0 Å². The van der Waals surface area contributed by atoms with Crippen molar-refractivity contribution < 1.29 is 13.9 Å². The fourth-order valence-corrected chi connectivity index (χ4v) is 1.75. The lowest BCUT2D eigenvalue weighted by Crippen LogP contribution is -2.20. The van der Waals surface area contributed by atoms with Gasteiger partial charge < -0.3 is 4.74 Å². The van der Waals surface area contributed by atoms with Gasteiger partial charge in [-0.25, -0.2) is 9.82 Å². The SMILES string of the molecule is COc1cccc(/C(C)=N/NC(=O)c2ccccc2F)c1. The van der Waals surface area contributed by atoms with E-state index < -0.39 is 11.7 Å². The molecule has 0 unspecified atom stereocenters. The van der Waals surface area contributed by atoms with Crippen LogP contribution < -0.4 is 10.2 Å². The van der Waals surface area contributed by atoms with E-state index in [1.807, 2.05) is 18.2 Å². The van der Waals surface area contributed by atoms with Gasteiger partial charge in [-0.2, -0.15) is 5.10 Å². The van der Waals surface area contributed by atoms with Gasteiger partial charge >= 0.3 is 0 Å². The first-order valence-corrected chi connectivity index (χ1v) is 6.35. The molecule has 21 heavy (non-hydrogen) atoms. The first-order chi connectivity index (χ1) is 10.1. The molecule has 0 aliphatic heterocycles. The highest BCUT2D eigenvalue weighted by Gasteiger charge is 2.10. The summed E-state index contributed by atoms with van der Waals surface area (Å²) in [5, 5.41) is 3.98. The van der Waals surface area contributed by atoms with E-state index in [2.05, 4.69) is 10.5 Å². The van der Waals surface area contributed by atoms with Gasteiger partial charge in [0.1, 0.15) is 11.6 Å². The van der Waals surface area contributed by atoms with Crippen molar-refractivity contribution in [2.45, 2.75) is 6.92 Å². The maximum atomic E-state index is 13.5. The van der Waals surface area contributed by atoms with E-state index in [1.54, 1.807) is 26.2 Å². The van der Waals surface area contributed by atoms with Crippen LogP contribution in [0.5, 0.6) is 5.75 Å². The van der Waals surface area contributed by atoms with E-state index in [0.717, 1.165) is 5.56 Å². The number of rotatable bonds is 4. The second-order valence-electron chi connectivity index (χ2n) is 4.35. The molecule has 0 aliphatic rings. The molecule has 0 fully saturated rings. The Morgan fingerprint density at radius 2 is 1.95 bits per heavy atom. The number of nitrogens with zero attached hydrogens (tertiary/aromatic N) is 1. The number of methoxy groups -OCH3 is 1. The highest BCUT2D eigenvalue weighted by atomic mass is 19.1. The lowest BCUT2D eigenvalue weighted by Gasteiger charge is -2.05. The Morgan fingerprint density at radius 3 is 2.67 bits per heavy atom. The van der Waals surface area contributed by atoms with Gasteiger partial charge in [0.15, 0.2) is 0 Å². The van der Waals surface area contributed by atoms with Crippen LogP contribution in [0.15, 0.2) is 53.6 Å². The quantitative estimate of drug-likeness (QED) is 0.694. The summed E-state index contributed by atoms with van der Waals surface area (Å²) in [6, 6.07) is 13.0. The van der Waals surface area contributed by atoms with Gasteiger partial charge in [0.25, 0.3) is 5.91 Å². The minimum absolute atomic E-state index is 0.0420.